The highest BCUT2D eigenvalue weighted by Gasteiger charge is 2.34. The lowest BCUT2D eigenvalue weighted by Gasteiger charge is -2.34. The number of hydrogen-bond donors (Lipinski definition) is 1. The lowest BCUT2D eigenvalue weighted by Crippen LogP contribution is -2.42. The van der Waals surface area contributed by atoms with Gasteiger partial charge in [-0.25, -0.2) is 0 Å². The van der Waals surface area contributed by atoms with Crippen molar-refractivity contribution in [2.45, 2.75) is 45.4 Å². The van der Waals surface area contributed by atoms with Gasteiger partial charge >= 0.3 is 0 Å². The maximum atomic E-state index is 12.4. The molecule has 1 saturated heterocycles. The summed E-state index contributed by atoms with van der Waals surface area (Å²) in [5, 5.41) is 3.22. The maximum Gasteiger partial charge on any atom is 0.225 e. The van der Waals surface area contributed by atoms with Crippen molar-refractivity contribution < 1.29 is 4.79 Å². The van der Waals surface area contributed by atoms with E-state index in [0.717, 1.165) is 32.0 Å². The second kappa shape index (κ2) is 6.55. The second-order valence-electron chi connectivity index (χ2n) is 6.18. The quantitative estimate of drug-likeness (QED) is 0.832. The summed E-state index contributed by atoms with van der Waals surface area (Å²) >= 11 is 0. The van der Waals surface area contributed by atoms with Crippen LogP contribution in [-0.2, 0) is 4.79 Å². The minimum Gasteiger partial charge on any atom is -0.342 e. The first-order valence-corrected chi connectivity index (χ1v) is 7.65. The van der Waals surface area contributed by atoms with Crippen LogP contribution in [0.2, 0.25) is 0 Å². The molecule has 2 atom stereocenters. The van der Waals surface area contributed by atoms with Crippen LogP contribution in [0.5, 0.6) is 0 Å². The van der Waals surface area contributed by atoms with E-state index in [1.165, 1.54) is 32.1 Å². The van der Waals surface area contributed by atoms with E-state index in [4.69, 9.17) is 0 Å². The Morgan fingerprint density at radius 2 is 1.94 bits per heavy atom. The van der Waals surface area contributed by atoms with E-state index in [2.05, 4.69) is 17.1 Å². The van der Waals surface area contributed by atoms with Gasteiger partial charge < -0.3 is 10.2 Å². The van der Waals surface area contributed by atoms with Gasteiger partial charge in [-0.2, -0.15) is 0 Å². The fourth-order valence-electron chi connectivity index (χ4n) is 3.54. The molecular weight excluding hydrogens is 224 g/mol. The Hall–Kier alpha value is -0.570. The van der Waals surface area contributed by atoms with Crippen LogP contribution >= 0.6 is 0 Å². The molecule has 0 radical (unpaired) electrons. The number of likely N-dealkylation sites (tertiary alicyclic amines) is 1. The van der Waals surface area contributed by atoms with Crippen LogP contribution in [0.4, 0.5) is 0 Å². The first kappa shape index (κ1) is 13.9. The molecule has 2 fully saturated rings. The van der Waals surface area contributed by atoms with E-state index in [1.54, 1.807) is 0 Å². The van der Waals surface area contributed by atoms with Gasteiger partial charge in [0.15, 0.2) is 0 Å². The van der Waals surface area contributed by atoms with Crippen molar-refractivity contribution in [2.75, 3.05) is 26.7 Å². The largest absolute Gasteiger partial charge is 0.342 e. The number of hydrogen-bond acceptors (Lipinski definition) is 2. The number of amides is 1. The van der Waals surface area contributed by atoms with Gasteiger partial charge in [0.05, 0.1) is 0 Å². The zero-order valence-electron chi connectivity index (χ0n) is 12.0. The van der Waals surface area contributed by atoms with Gasteiger partial charge in [-0.1, -0.05) is 13.3 Å². The van der Waals surface area contributed by atoms with Crippen molar-refractivity contribution in [1.29, 1.82) is 0 Å². The maximum absolute atomic E-state index is 12.4. The topological polar surface area (TPSA) is 32.3 Å². The molecule has 18 heavy (non-hydrogen) atoms. The van der Waals surface area contributed by atoms with Crippen molar-refractivity contribution >= 4 is 5.91 Å². The predicted octanol–water partition coefficient (Wildman–Crippen LogP) is 2.27. The van der Waals surface area contributed by atoms with Gasteiger partial charge in [0.1, 0.15) is 0 Å². The minimum atomic E-state index is 0.332. The van der Waals surface area contributed by atoms with Crippen LogP contribution in [0.3, 0.4) is 0 Å². The molecule has 0 bridgehead atoms. The molecule has 1 amide bonds. The normalized spacial score (nSPS) is 29.8. The van der Waals surface area contributed by atoms with Crippen molar-refractivity contribution in [3.63, 3.8) is 0 Å². The molecule has 2 rings (SSSR count). The molecule has 0 aromatic rings. The van der Waals surface area contributed by atoms with Gasteiger partial charge in [0, 0.05) is 19.0 Å². The molecule has 1 aliphatic heterocycles. The van der Waals surface area contributed by atoms with Gasteiger partial charge in [0.25, 0.3) is 0 Å². The number of carbonyl (C=O) groups excluding carboxylic acids is 1. The summed E-state index contributed by atoms with van der Waals surface area (Å²) in [7, 11) is 2.01. The second-order valence-corrected chi connectivity index (χ2v) is 6.18. The summed E-state index contributed by atoms with van der Waals surface area (Å²) in [6.07, 6.45) is 7.28. The minimum absolute atomic E-state index is 0.332. The third kappa shape index (κ3) is 3.25. The van der Waals surface area contributed by atoms with E-state index in [-0.39, 0.29) is 0 Å². The third-order valence-electron chi connectivity index (χ3n) is 4.91. The van der Waals surface area contributed by atoms with Gasteiger partial charge in [-0.15, -0.1) is 0 Å². The molecule has 2 unspecified atom stereocenters. The summed E-state index contributed by atoms with van der Waals surface area (Å²) in [4.78, 5) is 14.6. The highest BCUT2D eigenvalue weighted by atomic mass is 16.2. The Morgan fingerprint density at radius 1 is 1.22 bits per heavy atom. The van der Waals surface area contributed by atoms with Crippen LogP contribution in [0.15, 0.2) is 0 Å². The van der Waals surface area contributed by atoms with Gasteiger partial charge in [-0.05, 0) is 57.5 Å². The molecule has 1 N–H and O–H groups in total. The summed E-state index contributed by atoms with van der Waals surface area (Å²) in [5.41, 5.74) is 0. The van der Waals surface area contributed by atoms with Crippen LogP contribution in [-0.4, -0.2) is 37.5 Å². The standard InChI is InChI=1S/C15H28N2O/c1-12-4-3-5-14(12)15(18)17-10-7-13(8-11-17)6-9-16-2/h12-14,16H,3-11H2,1-2H3. The number of nitrogens with one attached hydrogen (secondary N) is 1. The SMILES string of the molecule is CNCCC1CCN(C(=O)C2CCCC2C)CC1. The number of nitrogens with zero attached hydrogens (tertiary/aromatic N) is 1. The van der Waals surface area contributed by atoms with Crippen LogP contribution in [0.25, 0.3) is 0 Å². The summed E-state index contributed by atoms with van der Waals surface area (Å²) < 4.78 is 0. The molecule has 0 spiro atoms. The fraction of sp³-hybridized carbons (Fsp3) is 0.933. The first-order chi connectivity index (χ1) is 8.72. The molecule has 3 heteroatoms. The van der Waals surface area contributed by atoms with E-state index in [1.807, 2.05) is 7.05 Å². The van der Waals surface area contributed by atoms with Crippen LogP contribution in [0, 0.1) is 17.8 Å². The smallest absolute Gasteiger partial charge is 0.225 e. The summed E-state index contributed by atoms with van der Waals surface area (Å²) in [6, 6.07) is 0. The Balaban J connectivity index is 1.77. The van der Waals surface area contributed by atoms with Crippen molar-refractivity contribution in [3.05, 3.63) is 0 Å². The van der Waals surface area contributed by atoms with E-state index >= 15 is 0 Å². The lowest BCUT2D eigenvalue weighted by molar-refractivity contribution is -0.137. The predicted molar refractivity (Wildman–Crippen MR) is 74.4 cm³/mol. The fourth-order valence-corrected chi connectivity index (χ4v) is 3.54. The molecular formula is C15H28N2O. The molecule has 0 aromatic carbocycles. The molecule has 1 saturated carbocycles. The summed E-state index contributed by atoms with van der Waals surface area (Å²) in [5.74, 6) is 2.22. The average molecular weight is 252 g/mol. The highest BCUT2D eigenvalue weighted by molar-refractivity contribution is 5.79. The number of rotatable bonds is 4. The molecule has 1 heterocycles. The Morgan fingerprint density at radius 3 is 2.50 bits per heavy atom. The van der Waals surface area contributed by atoms with Gasteiger partial charge in [-0.3, -0.25) is 4.79 Å². The lowest BCUT2D eigenvalue weighted by atomic mass is 9.91. The van der Waals surface area contributed by atoms with E-state index < -0.39 is 0 Å². The van der Waals surface area contributed by atoms with Crippen molar-refractivity contribution in [1.82, 2.24) is 10.2 Å². The van der Waals surface area contributed by atoms with E-state index in [0.29, 0.717) is 17.7 Å². The molecule has 2 aliphatic rings. The monoisotopic (exact) mass is 252 g/mol. The molecule has 0 aromatic heterocycles. The number of piperidine rings is 1. The van der Waals surface area contributed by atoms with Crippen LogP contribution in [0.1, 0.15) is 45.4 Å². The molecule has 104 valence electrons. The van der Waals surface area contributed by atoms with Crippen LogP contribution < -0.4 is 5.32 Å². The Labute approximate surface area is 111 Å². The van der Waals surface area contributed by atoms with Crippen molar-refractivity contribution in [2.24, 2.45) is 17.8 Å². The highest BCUT2D eigenvalue weighted by Crippen LogP contribution is 2.33. The third-order valence-corrected chi connectivity index (χ3v) is 4.91. The van der Waals surface area contributed by atoms with Gasteiger partial charge in [0.2, 0.25) is 5.91 Å². The summed E-state index contributed by atoms with van der Waals surface area (Å²) in [6.45, 7) is 5.35. The zero-order chi connectivity index (χ0) is 13.0. The zero-order valence-corrected chi connectivity index (χ0v) is 12.0. The van der Waals surface area contributed by atoms with E-state index in [9.17, 15) is 4.79 Å². The molecule has 1 aliphatic carbocycles. The first-order valence-electron chi connectivity index (χ1n) is 7.65. The Bertz CT molecular complexity index is 272. The number of carbonyl (C=O) groups is 1. The molecule has 3 nitrogen and oxygen atoms in total. The average Bonchev–Trinajstić information content (AvgIpc) is 2.82. The van der Waals surface area contributed by atoms with Crippen molar-refractivity contribution in [3.8, 4) is 0 Å². The Kier molecular flexibility index (Phi) is 5.04.